The summed E-state index contributed by atoms with van der Waals surface area (Å²) >= 11 is 0. The Bertz CT molecular complexity index is 1360. The van der Waals surface area contributed by atoms with E-state index in [1.807, 2.05) is 0 Å². The summed E-state index contributed by atoms with van der Waals surface area (Å²) in [4.78, 5) is 38.4. The third-order valence-electron chi connectivity index (χ3n) is 15.8. The molecule has 0 aliphatic carbocycles. The number of unbranched alkanes of at least 4 members (excludes halogenated alkanes) is 46. The molecule has 0 N–H and O–H groups in total. The molecule has 0 aromatic carbocycles. The quantitative estimate of drug-likeness (QED) is 0.0261. The van der Waals surface area contributed by atoms with Crippen molar-refractivity contribution in [1.82, 2.24) is 0 Å². The Kier molecular flexibility index (Phi) is 65.6. The van der Waals surface area contributed by atoms with Crippen LogP contribution in [0.2, 0.25) is 0 Å². The average Bonchev–Trinajstić information content (AvgIpc) is 3.45. The highest BCUT2D eigenvalue weighted by Crippen LogP contribution is 2.19. The molecular weight excluding hydrogens is 973 g/mol. The van der Waals surface area contributed by atoms with E-state index < -0.39 is 6.10 Å². The molecule has 1 atom stereocenters. The lowest BCUT2D eigenvalue weighted by atomic mass is 10.0. The number of ether oxygens (including phenoxy) is 3. The minimum Gasteiger partial charge on any atom is -0.462 e. The molecule has 0 aromatic heterocycles. The molecule has 0 saturated carbocycles. The summed E-state index contributed by atoms with van der Waals surface area (Å²) < 4.78 is 17.0. The van der Waals surface area contributed by atoms with Gasteiger partial charge in [0.1, 0.15) is 13.2 Å². The maximum atomic E-state index is 12.9. The van der Waals surface area contributed by atoms with Gasteiger partial charge >= 0.3 is 17.9 Å². The summed E-state index contributed by atoms with van der Waals surface area (Å²) in [5.41, 5.74) is 0. The van der Waals surface area contributed by atoms with Crippen LogP contribution in [0.25, 0.3) is 0 Å². The number of allylic oxidation sites excluding steroid dienone is 8. The smallest absolute Gasteiger partial charge is 0.306 e. The topological polar surface area (TPSA) is 78.9 Å². The molecular formula is C73H134O6. The van der Waals surface area contributed by atoms with Gasteiger partial charge in [-0.2, -0.15) is 0 Å². The lowest BCUT2D eigenvalue weighted by molar-refractivity contribution is -0.167. The van der Waals surface area contributed by atoms with Crippen LogP contribution in [0.1, 0.15) is 380 Å². The Morgan fingerprint density at radius 2 is 0.494 bits per heavy atom. The maximum Gasteiger partial charge on any atom is 0.306 e. The van der Waals surface area contributed by atoms with Gasteiger partial charge in [0.15, 0.2) is 6.10 Å². The van der Waals surface area contributed by atoms with E-state index in [0.717, 1.165) is 83.5 Å². The summed E-state index contributed by atoms with van der Waals surface area (Å²) in [5.74, 6) is -0.835. The van der Waals surface area contributed by atoms with Crippen LogP contribution in [0.3, 0.4) is 0 Å². The lowest BCUT2D eigenvalue weighted by Gasteiger charge is -2.18. The van der Waals surface area contributed by atoms with Crippen LogP contribution in [0.4, 0.5) is 0 Å². The molecule has 6 nitrogen and oxygen atoms in total. The van der Waals surface area contributed by atoms with Crippen LogP contribution in [-0.4, -0.2) is 37.2 Å². The number of esters is 3. The van der Waals surface area contributed by atoms with Crippen molar-refractivity contribution in [2.24, 2.45) is 0 Å². The third kappa shape index (κ3) is 66.1. The van der Waals surface area contributed by atoms with Gasteiger partial charge in [0.2, 0.25) is 0 Å². The van der Waals surface area contributed by atoms with Gasteiger partial charge in [0, 0.05) is 19.3 Å². The van der Waals surface area contributed by atoms with E-state index >= 15 is 0 Å². The van der Waals surface area contributed by atoms with E-state index in [1.54, 1.807) is 0 Å². The molecule has 0 heterocycles. The standard InChI is InChI=1S/C73H134O6/c1-4-7-10-13-16-19-22-25-27-29-31-32-33-34-35-36-37-38-39-40-41-42-43-45-46-48-51-54-57-60-63-66-72(75)78-69-70(68-77-71(74)65-62-59-56-53-50-24-21-18-15-12-9-6-3)79-73(76)67-64-61-58-55-52-49-47-44-30-28-26-23-20-17-14-11-8-5-2/h7,10,16,19,25,27,31-32,70H,4-6,8-9,11-15,17-18,20-24,26,28-30,33-69H2,1-3H3/b10-7-,19-16-,27-25-,32-31-. The molecule has 0 radical (unpaired) electrons. The maximum absolute atomic E-state index is 12.9. The van der Waals surface area contributed by atoms with Crippen LogP contribution in [0, 0.1) is 0 Å². The number of hydrogen-bond donors (Lipinski definition) is 0. The van der Waals surface area contributed by atoms with Crippen LogP contribution >= 0.6 is 0 Å². The first-order chi connectivity index (χ1) is 39.0. The lowest BCUT2D eigenvalue weighted by Crippen LogP contribution is -2.30. The zero-order valence-corrected chi connectivity index (χ0v) is 53.2. The van der Waals surface area contributed by atoms with Crippen LogP contribution in [-0.2, 0) is 28.6 Å². The zero-order valence-electron chi connectivity index (χ0n) is 53.2. The monoisotopic (exact) mass is 1110 g/mol. The van der Waals surface area contributed by atoms with Gasteiger partial charge in [-0.25, -0.2) is 0 Å². The molecule has 0 rings (SSSR count). The summed E-state index contributed by atoms with van der Waals surface area (Å²) in [7, 11) is 0. The van der Waals surface area contributed by atoms with Crippen LogP contribution in [0.5, 0.6) is 0 Å². The molecule has 1 unspecified atom stereocenters. The molecule has 0 spiro atoms. The van der Waals surface area contributed by atoms with Crippen molar-refractivity contribution < 1.29 is 28.6 Å². The van der Waals surface area contributed by atoms with Gasteiger partial charge in [-0.05, 0) is 57.8 Å². The molecule has 0 aliphatic rings. The van der Waals surface area contributed by atoms with Crippen LogP contribution in [0.15, 0.2) is 48.6 Å². The molecule has 0 amide bonds. The van der Waals surface area contributed by atoms with Crippen molar-refractivity contribution in [3.05, 3.63) is 48.6 Å². The van der Waals surface area contributed by atoms with Crippen molar-refractivity contribution in [1.29, 1.82) is 0 Å². The fourth-order valence-corrected chi connectivity index (χ4v) is 10.6. The molecule has 6 heteroatoms. The van der Waals surface area contributed by atoms with Gasteiger partial charge in [0.25, 0.3) is 0 Å². The van der Waals surface area contributed by atoms with E-state index in [1.165, 1.54) is 257 Å². The first kappa shape index (κ1) is 76.4. The Hall–Kier alpha value is -2.63. The minimum absolute atomic E-state index is 0.0649. The van der Waals surface area contributed by atoms with Gasteiger partial charge in [-0.15, -0.1) is 0 Å². The number of rotatable bonds is 65. The van der Waals surface area contributed by atoms with Gasteiger partial charge < -0.3 is 14.2 Å². The number of carbonyl (C=O) groups excluding carboxylic acids is 3. The first-order valence-corrected chi connectivity index (χ1v) is 35.1. The highest BCUT2D eigenvalue weighted by atomic mass is 16.6. The fraction of sp³-hybridized carbons (Fsp3) is 0.849. The Morgan fingerprint density at radius 1 is 0.266 bits per heavy atom. The Balaban J connectivity index is 4.13. The highest BCUT2D eigenvalue weighted by Gasteiger charge is 2.19. The first-order valence-electron chi connectivity index (χ1n) is 35.1. The van der Waals surface area contributed by atoms with Gasteiger partial charge in [-0.3, -0.25) is 14.4 Å². The molecule has 0 aromatic rings. The van der Waals surface area contributed by atoms with Crippen molar-refractivity contribution >= 4 is 17.9 Å². The van der Waals surface area contributed by atoms with E-state index in [2.05, 4.69) is 69.4 Å². The second-order valence-corrected chi connectivity index (χ2v) is 23.8. The summed E-state index contributed by atoms with van der Waals surface area (Å²) in [5, 5.41) is 0. The highest BCUT2D eigenvalue weighted by molar-refractivity contribution is 5.71. The Morgan fingerprint density at radius 3 is 0.772 bits per heavy atom. The van der Waals surface area contributed by atoms with Crippen molar-refractivity contribution in [3.8, 4) is 0 Å². The van der Waals surface area contributed by atoms with Gasteiger partial charge in [-0.1, -0.05) is 352 Å². The fourth-order valence-electron chi connectivity index (χ4n) is 10.6. The average molecular weight is 1110 g/mol. The predicted molar refractivity (Wildman–Crippen MR) is 344 cm³/mol. The van der Waals surface area contributed by atoms with Crippen LogP contribution < -0.4 is 0 Å². The van der Waals surface area contributed by atoms with Crippen molar-refractivity contribution in [2.45, 2.75) is 386 Å². The molecule has 0 saturated heterocycles. The van der Waals surface area contributed by atoms with E-state index in [4.69, 9.17) is 14.2 Å². The SMILES string of the molecule is CC/C=C\C/C=C\C/C=C\C/C=C\CCCCCCCCCCCCCCCCCCCCC(=O)OCC(COC(=O)CCCCCCCCCCCCCC)OC(=O)CCCCCCCCCCCCCCCCCCCC. The number of carbonyl (C=O) groups is 3. The molecule has 0 fully saturated rings. The Labute approximate surface area is 492 Å². The second-order valence-electron chi connectivity index (χ2n) is 23.8. The van der Waals surface area contributed by atoms with Crippen molar-refractivity contribution in [3.63, 3.8) is 0 Å². The summed E-state index contributed by atoms with van der Waals surface area (Å²) in [6, 6.07) is 0. The normalized spacial score (nSPS) is 12.3. The molecule has 462 valence electrons. The van der Waals surface area contributed by atoms with E-state index in [0.29, 0.717) is 19.3 Å². The largest absolute Gasteiger partial charge is 0.462 e. The van der Waals surface area contributed by atoms with E-state index in [9.17, 15) is 14.4 Å². The second kappa shape index (κ2) is 67.9. The van der Waals surface area contributed by atoms with E-state index in [-0.39, 0.29) is 31.1 Å². The number of hydrogen-bond acceptors (Lipinski definition) is 6. The van der Waals surface area contributed by atoms with Gasteiger partial charge in [0.05, 0.1) is 0 Å². The molecule has 0 bridgehead atoms. The van der Waals surface area contributed by atoms with Crippen molar-refractivity contribution in [2.75, 3.05) is 13.2 Å². The molecule has 0 aliphatic heterocycles. The zero-order chi connectivity index (χ0) is 57.1. The molecule has 79 heavy (non-hydrogen) atoms. The minimum atomic E-state index is -0.767. The predicted octanol–water partition coefficient (Wildman–Crippen LogP) is 24.1. The summed E-state index contributed by atoms with van der Waals surface area (Å²) in [6.07, 6.45) is 85.7. The third-order valence-corrected chi connectivity index (χ3v) is 15.8. The summed E-state index contributed by atoms with van der Waals surface area (Å²) in [6.45, 7) is 6.60.